The molecule has 0 spiro atoms. The molecule has 0 bridgehead atoms. The number of unbranched alkanes of at least 4 members (excludes halogenated alkanes) is 3. The summed E-state index contributed by atoms with van der Waals surface area (Å²) in [6.07, 6.45) is 4.09. The molecule has 0 aliphatic heterocycles. The van der Waals surface area contributed by atoms with Crippen molar-refractivity contribution in [1.29, 1.82) is 0 Å². The number of rotatable bonds is 9. The van der Waals surface area contributed by atoms with Crippen LogP contribution in [0.15, 0.2) is 48.5 Å². The highest BCUT2D eigenvalue weighted by Crippen LogP contribution is 2.21. The molecule has 2 rings (SSSR count). The second-order valence-electron chi connectivity index (χ2n) is 6.52. The first-order valence-corrected chi connectivity index (χ1v) is 9.28. The molecule has 0 heterocycles. The Balaban J connectivity index is 2.06. The van der Waals surface area contributed by atoms with Gasteiger partial charge in [-0.25, -0.2) is 9.59 Å². The van der Waals surface area contributed by atoms with Gasteiger partial charge in [0.2, 0.25) is 0 Å². The van der Waals surface area contributed by atoms with Gasteiger partial charge in [-0.05, 0) is 30.7 Å². The van der Waals surface area contributed by atoms with Crippen molar-refractivity contribution in [2.45, 2.75) is 32.6 Å². The fourth-order valence-corrected chi connectivity index (χ4v) is 2.60. The van der Waals surface area contributed by atoms with Crippen LogP contribution in [0.3, 0.4) is 0 Å². The Bertz CT molecular complexity index is 770. The molecule has 0 saturated carbocycles. The van der Waals surface area contributed by atoms with Gasteiger partial charge in [-0.3, -0.25) is 0 Å². The molecule has 0 aromatic heterocycles. The minimum absolute atomic E-state index is 0.200. The normalized spacial score (nSPS) is 10.3. The summed E-state index contributed by atoms with van der Waals surface area (Å²) in [7, 11) is 3.82. The van der Waals surface area contributed by atoms with E-state index in [0.717, 1.165) is 31.4 Å². The number of nitrogens with zero attached hydrogens (tertiary/aromatic N) is 1. The molecular weight excluding hydrogens is 342 g/mol. The van der Waals surface area contributed by atoms with Gasteiger partial charge in [-0.15, -0.1) is 0 Å². The summed E-state index contributed by atoms with van der Waals surface area (Å²) < 4.78 is 10.8. The fraction of sp³-hybridized carbons (Fsp3) is 0.364. The number of carbonyl (C=O) groups is 2. The smallest absolute Gasteiger partial charge is 0.344 e. The lowest BCUT2D eigenvalue weighted by atomic mass is 10.1. The van der Waals surface area contributed by atoms with E-state index in [2.05, 4.69) is 6.92 Å². The second-order valence-corrected chi connectivity index (χ2v) is 6.52. The van der Waals surface area contributed by atoms with Crippen molar-refractivity contribution >= 4 is 17.6 Å². The summed E-state index contributed by atoms with van der Waals surface area (Å²) >= 11 is 0. The van der Waals surface area contributed by atoms with Crippen LogP contribution in [0.1, 0.15) is 53.3 Å². The molecule has 0 atom stereocenters. The van der Waals surface area contributed by atoms with E-state index in [4.69, 9.17) is 9.47 Å². The molecule has 0 amide bonds. The first-order valence-electron chi connectivity index (χ1n) is 9.28. The third-order valence-electron chi connectivity index (χ3n) is 4.14. The molecular formula is C22H27NO4. The summed E-state index contributed by atoms with van der Waals surface area (Å²) in [5.41, 5.74) is 1.34. The molecule has 2 aromatic rings. The van der Waals surface area contributed by atoms with Crippen LogP contribution >= 0.6 is 0 Å². The molecule has 0 radical (unpaired) electrons. The molecule has 144 valence electrons. The van der Waals surface area contributed by atoms with Crippen LogP contribution < -0.4 is 9.64 Å². The van der Waals surface area contributed by atoms with E-state index < -0.39 is 11.9 Å². The topological polar surface area (TPSA) is 55.8 Å². The first kappa shape index (κ1) is 20.5. The molecule has 27 heavy (non-hydrogen) atoms. The van der Waals surface area contributed by atoms with E-state index in [1.807, 2.05) is 31.1 Å². The molecule has 0 aliphatic carbocycles. The fourth-order valence-electron chi connectivity index (χ4n) is 2.60. The summed E-state index contributed by atoms with van der Waals surface area (Å²) in [6, 6.07) is 13.8. The van der Waals surface area contributed by atoms with Crippen molar-refractivity contribution in [2.24, 2.45) is 0 Å². The lowest BCUT2D eigenvalue weighted by Gasteiger charge is -2.14. The van der Waals surface area contributed by atoms with Crippen molar-refractivity contribution in [3.8, 4) is 5.75 Å². The third-order valence-corrected chi connectivity index (χ3v) is 4.14. The number of hydrogen-bond donors (Lipinski definition) is 0. The van der Waals surface area contributed by atoms with Crippen molar-refractivity contribution in [3.05, 3.63) is 59.7 Å². The van der Waals surface area contributed by atoms with Crippen molar-refractivity contribution in [3.63, 3.8) is 0 Å². The van der Waals surface area contributed by atoms with E-state index in [9.17, 15) is 9.59 Å². The maximum atomic E-state index is 12.6. The monoisotopic (exact) mass is 369 g/mol. The predicted octanol–water partition coefficient (Wildman–Crippen LogP) is 4.71. The van der Waals surface area contributed by atoms with Crippen LogP contribution in [-0.2, 0) is 4.74 Å². The van der Waals surface area contributed by atoms with Gasteiger partial charge in [0.25, 0.3) is 0 Å². The lowest BCUT2D eigenvalue weighted by Crippen LogP contribution is -2.16. The zero-order valence-corrected chi connectivity index (χ0v) is 16.2. The van der Waals surface area contributed by atoms with Crippen LogP contribution in [0.25, 0.3) is 0 Å². The highest BCUT2D eigenvalue weighted by molar-refractivity contribution is 6.03. The standard InChI is InChI=1S/C22H27NO4/c1-4-5-6-9-15-26-21(24)19-13-7-8-14-20(19)22(25)27-18-12-10-11-17(16-18)23(2)3/h7-8,10-14,16H,4-6,9,15H2,1-3H3. The molecule has 5 heteroatoms. The average Bonchev–Trinajstić information content (AvgIpc) is 2.67. The number of esters is 2. The Morgan fingerprint density at radius 2 is 1.59 bits per heavy atom. The van der Waals surface area contributed by atoms with Gasteiger partial charge < -0.3 is 14.4 Å². The quantitative estimate of drug-likeness (QED) is 0.364. The van der Waals surface area contributed by atoms with Crippen LogP contribution in [-0.4, -0.2) is 32.6 Å². The Hall–Kier alpha value is -2.82. The number of ether oxygens (including phenoxy) is 2. The Morgan fingerprint density at radius 1 is 0.889 bits per heavy atom. The van der Waals surface area contributed by atoms with Gasteiger partial charge in [0.05, 0.1) is 17.7 Å². The first-order chi connectivity index (χ1) is 13.0. The van der Waals surface area contributed by atoms with Gasteiger partial charge in [-0.2, -0.15) is 0 Å². The summed E-state index contributed by atoms with van der Waals surface area (Å²) in [6.45, 7) is 2.48. The maximum absolute atomic E-state index is 12.6. The van der Waals surface area contributed by atoms with Crippen LogP contribution in [0.2, 0.25) is 0 Å². The SMILES string of the molecule is CCCCCCOC(=O)c1ccccc1C(=O)Oc1cccc(N(C)C)c1. The van der Waals surface area contributed by atoms with Crippen molar-refractivity contribution < 1.29 is 19.1 Å². The number of hydrogen-bond acceptors (Lipinski definition) is 5. The van der Waals surface area contributed by atoms with Crippen LogP contribution in [0.5, 0.6) is 5.75 Å². The molecule has 5 nitrogen and oxygen atoms in total. The van der Waals surface area contributed by atoms with Gasteiger partial charge in [0.15, 0.2) is 0 Å². The zero-order valence-electron chi connectivity index (χ0n) is 16.2. The minimum atomic E-state index is -0.579. The molecule has 0 saturated heterocycles. The maximum Gasteiger partial charge on any atom is 0.344 e. The highest BCUT2D eigenvalue weighted by Gasteiger charge is 2.19. The lowest BCUT2D eigenvalue weighted by molar-refractivity contribution is 0.0489. The third kappa shape index (κ3) is 6.13. The van der Waals surface area contributed by atoms with Crippen LogP contribution in [0, 0.1) is 0 Å². The number of carbonyl (C=O) groups excluding carboxylic acids is 2. The van der Waals surface area contributed by atoms with Crippen molar-refractivity contribution in [1.82, 2.24) is 0 Å². The molecule has 0 aliphatic rings. The van der Waals surface area contributed by atoms with E-state index in [-0.39, 0.29) is 11.1 Å². The van der Waals surface area contributed by atoms with E-state index in [0.29, 0.717) is 12.4 Å². The van der Waals surface area contributed by atoms with E-state index in [1.54, 1.807) is 36.4 Å². The van der Waals surface area contributed by atoms with Gasteiger partial charge in [-0.1, -0.05) is 44.4 Å². The average molecular weight is 369 g/mol. The summed E-state index contributed by atoms with van der Waals surface area (Å²) in [5.74, 6) is -0.653. The van der Waals surface area contributed by atoms with Crippen LogP contribution in [0.4, 0.5) is 5.69 Å². The molecule has 0 unspecified atom stereocenters. The van der Waals surface area contributed by atoms with Gasteiger partial charge in [0.1, 0.15) is 5.75 Å². The summed E-state index contributed by atoms with van der Waals surface area (Å²) in [4.78, 5) is 26.9. The Kier molecular flexibility index (Phi) is 7.86. The Morgan fingerprint density at radius 3 is 2.26 bits per heavy atom. The van der Waals surface area contributed by atoms with E-state index >= 15 is 0 Å². The molecule has 0 N–H and O–H groups in total. The highest BCUT2D eigenvalue weighted by atomic mass is 16.5. The number of anilines is 1. The van der Waals surface area contributed by atoms with Gasteiger partial charge in [0, 0.05) is 25.8 Å². The second kappa shape index (κ2) is 10.4. The van der Waals surface area contributed by atoms with E-state index in [1.165, 1.54) is 0 Å². The molecule has 2 aromatic carbocycles. The predicted molar refractivity (Wildman–Crippen MR) is 107 cm³/mol. The summed E-state index contributed by atoms with van der Waals surface area (Å²) in [5, 5.41) is 0. The number of benzene rings is 2. The van der Waals surface area contributed by atoms with Gasteiger partial charge >= 0.3 is 11.9 Å². The minimum Gasteiger partial charge on any atom is -0.462 e. The largest absolute Gasteiger partial charge is 0.462 e. The zero-order chi connectivity index (χ0) is 19.6. The van der Waals surface area contributed by atoms with Crippen molar-refractivity contribution in [2.75, 3.05) is 25.6 Å². The molecule has 0 fully saturated rings. The Labute approximate surface area is 160 Å².